The van der Waals surface area contributed by atoms with Crippen molar-refractivity contribution < 1.29 is 0 Å². The van der Waals surface area contributed by atoms with Gasteiger partial charge in [0.05, 0.1) is 17.7 Å². The number of amidine groups is 1. The third kappa shape index (κ3) is 1.77. The maximum atomic E-state index is 7.44. The largest absolute Gasteiger partial charge is 0.382 e. The molecule has 0 amide bonds. The van der Waals surface area contributed by atoms with Gasteiger partial charge in [-0.3, -0.25) is 10.4 Å². The van der Waals surface area contributed by atoms with Crippen LogP contribution in [0.5, 0.6) is 0 Å². The second-order valence-electron chi connectivity index (χ2n) is 4.53. The monoisotopic (exact) mass is 241 g/mol. The number of hydrogen-bond acceptors (Lipinski definition) is 3. The van der Waals surface area contributed by atoms with E-state index in [1.54, 1.807) is 6.20 Å². The fourth-order valence-corrected chi connectivity index (χ4v) is 2.41. The number of aryl methyl sites for hydroxylation is 1. The summed E-state index contributed by atoms with van der Waals surface area (Å²) in [5, 5.41) is 7.44. The van der Waals surface area contributed by atoms with Crippen LogP contribution >= 0.6 is 0 Å². The number of nitrogens with zero attached hydrogens (tertiary/aromatic N) is 3. The third-order valence-electron chi connectivity index (χ3n) is 3.33. The first-order chi connectivity index (χ1) is 8.75. The standard InChI is InChI=1S/C13H15N5/c14-13(15)11-7-9(5-6-16-11)18-8-17-10-3-1-2-4-12(10)18/h5-8H,1-4H2,(H3,14,15). The molecule has 0 unspecified atom stereocenters. The van der Waals surface area contributed by atoms with E-state index in [1.807, 2.05) is 18.5 Å². The minimum atomic E-state index is -0.00849. The summed E-state index contributed by atoms with van der Waals surface area (Å²) in [4.78, 5) is 8.54. The molecule has 2 aromatic rings. The Morgan fingerprint density at radius 2 is 2.11 bits per heavy atom. The molecule has 1 aliphatic rings. The van der Waals surface area contributed by atoms with Crippen LogP contribution in [0.2, 0.25) is 0 Å². The Morgan fingerprint density at radius 3 is 2.94 bits per heavy atom. The predicted octanol–water partition coefficient (Wildman–Crippen LogP) is 1.43. The molecule has 2 aromatic heterocycles. The molecule has 0 aromatic carbocycles. The van der Waals surface area contributed by atoms with E-state index in [-0.39, 0.29) is 5.84 Å². The van der Waals surface area contributed by atoms with Gasteiger partial charge in [0.2, 0.25) is 0 Å². The van der Waals surface area contributed by atoms with Crippen molar-refractivity contribution in [2.45, 2.75) is 25.7 Å². The van der Waals surface area contributed by atoms with E-state index in [1.165, 1.54) is 24.2 Å². The van der Waals surface area contributed by atoms with Gasteiger partial charge < -0.3 is 10.3 Å². The number of hydrogen-bond donors (Lipinski definition) is 2. The first kappa shape index (κ1) is 11.0. The number of nitrogens with two attached hydrogens (primary N) is 1. The highest BCUT2D eigenvalue weighted by Gasteiger charge is 2.16. The van der Waals surface area contributed by atoms with E-state index in [0.29, 0.717) is 5.69 Å². The molecule has 0 radical (unpaired) electrons. The van der Waals surface area contributed by atoms with Gasteiger partial charge in [-0.15, -0.1) is 0 Å². The van der Waals surface area contributed by atoms with Crippen LogP contribution in [-0.2, 0) is 12.8 Å². The highest BCUT2D eigenvalue weighted by atomic mass is 15.1. The third-order valence-corrected chi connectivity index (χ3v) is 3.33. The smallest absolute Gasteiger partial charge is 0.141 e. The lowest BCUT2D eigenvalue weighted by Crippen LogP contribution is -2.14. The first-order valence-corrected chi connectivity index (χ1v) is 6.11. The normalized spacial score (nSPS) is 14.2. The van der Waals surface area contributed by atoms with Crippen LogP contribution in [-0.4, -0.2) is 20.4 Å². The summed E-state index contributed by atoms with van der Waals surface area (Å²) < 4.78 is 2.09. The van der Waals surface area contributed by atoms with Gasteiger partial charge in [-0.05, 0) is 37.8 Å². The van der Waals surface area contributed by atoms with Crippen molar-refractivity contribution in [3.8, 4) is 5.69 Å². The van der Waals surface area contributed by atoms with Crippen LogP contribution in [0.25, 0.3) is 5.69 Å². The molecular formula is C13H15N5. The van der Waals surface area contributed by atoms with Crippen molar-refractivity contribution in [2.24, 2.45) is 5.73 Å². The van der Waals surface area contributed by atoms with Crippen molar-refractivity contribution in [1.29, 1.82) is 5.41 Å². The maximum Gasteiger partial charge on any atom is 0.141 e. The summed E-state index contributed by atoms with van der Waals surface area (Å²) in [6, 6.07) is 3.75. The van der Waals surface area contributed by atoms with E-state index in [9.17, 15) is 0 Å². The van der Waals surface area contributed by atoms with Crippen molar-refractivity contribution >= 4 is 5.84 Å². The predicted molar refractivity (Wildman–Crippen MR) is 69.0 cm³/mol. The summed E-state index contributed by atoms with van der Waals surface area (Å²) in [6.07, 6.45) is 8.10. The zero-order valence-electron chi connectivity index (χ0n) is 10.1. The summed E-state index contributed by atoms with van der Waals surface area (Å²) in [5.41, 5.74) is 9.43. The Labute approximate surface area is 105 Å². The number of nitrogen functional groups attached to an aromatic ring is 1. The van der Waals surface area contributed by atoms with Gasteiger partial charge in [-0.1, -0.05) is 0 Å². The van der Waals surface area contributed by atoms with E-state index in [2.05, 4.69) is 14.5 Å². The van der Waals surface area contributed by atoms with Crippen LogP contribution in [0.3, 0.4) is 0 Å². The lowest BCUT2D eigenvalue weighted by molar-refractivity contribution is 0.656. The highest BCUT2D eigenvalue weighted by Crippen LogP contribution is 2.23. The molecule has 0 atom stereocenters. The molecule has 0 fully saturated rings. The van der Waals surface area contributed by atoms with Crippen LogP contribution < -0.4 is 5.73 Å². The molecule has 5 nitrogen and oxygen atoms in total. The summed E-state index contributed by atoms with van der Waals surface area (Å²) >= 11 is 0. The van der Waals surface area contributed by atoms with Crippen molar-refractivity contribution in [1.82, 2.24) is 14.5 Å². The molecule has 3 rings (SSSR count). The number of fused-ring (bicyclic) bond motifs is 1. The minimum absolute atomic E-state index is 0.00849. The number of imidazole rings is 1. The van der Waals surface area contributed by atoms with Crippen LogP contribution in [0.1, 0.15) is 29.9 Å². The Kier molecular flexibility index (Phi) is 2.59. The zero-order chi connectivity index (χ0) is 12.5. The zero-order valence-corrected chi connectivity index (χ0v) is 10.1. The molecule has 0 aliphatic heterocycles. The average molecular weight is 241 g/mol. The van der Waals surface area contributed by atoms with Gasteiger partial charge in [-0.2, -0.15) is 0 Å². The SMILES string of the molecule is N=C(N)c1cc(-n2cnc3c2CCCC3)ccn1. The summed E-state index contributed by atoms with van der Waals surface area (Å²) in [6.45, 7) is 0. The average Bonchev–Trinajstić information content (AvgIpc) is 2.82. The maximum absolute atomic E-state index is 7.44. The molecule has 2 heterocycles. The molecular weight excluding hydrogens is 226 g/mol. The Balaban J connectivity index is 2.07. The first-order valence-electron chi connectivity index (χ1n) is 6.11. The van der Waals surface area contributed by atoms with E-state index < -0.39 is 0 Å². The number of aromatic nitrogens is 3. The van der Waals surface area contributed by atoms with Crippen molar-refractivity contribution in [3.05, 3.63) is 41.7 Å². The Morgan fingerprint density at radius 1 is 1.28 bits per heavy atom. The number of rotatable bonds is 2. The molecule has 0 spiro atoms. The van der Waals surface area contributed by atoms with Gasteiger partial charge in [0, 0.05) is 11.9 Å². The van der Waals surface area contributed by atoms with Gasteiger partial charge in [-0.25, -0.2) is 4.98 Å². The highest BCUT2D eigenvalue weighted by molar-refractivity contribution is 5.93. The summed E-state index contributed by atoms with van der Waals surface area (Å²) in [7, 11) is 0. The molecule has 0 bridgehead atoms. The van der Waals surface area contributed by atoms with Gasteiger partial charge in [0.25, 0.3) is 0 Å². The second-order valence-corrected chi connectivity index (χ2v) is 4.53. The molecule has 0 saturated carbocycles. The minimum Gasteiger partial charge on any atom is -0.382 e. The van der Waals surface area contributed by atoms with E-state index >= 15 is 0 Å². The fraction of sp³-hybridized carbons (Fsp3) is 0.308. The topological polar surface area (TPSA) is 80.6 Å². The lowest BCUT2D eigenvalue weighted by atomic mass is 10.0. The van der Waals surface area contributed by atoms with Gasteiger partial charge >= 0.3 is 0 Å². The van der Waals surface area contributed by atoms with Crippen LogP contribution in [0, 0.1) is 5.41 Å². The van der Waals surface area contributed by atoms with Crippen LogP contribution in [0.4, 0.5) is 0 Å². The molecule has 3 N–H and O–H groups in total. The van der Waals surface area contributed by atoms with Gasteiger partial charge in [0.1, 0.15) is 11.5 Å². The van der Waals surface area contributed by atoms with E-state index in [0.717, 1.165) is 18.5 Å². The quantitative estimate of drug-likeness (QED) is 0.616. The van der Waals surface area contributed by atoms with Crippen LogP contribution in [0.15, 0.2) is 24.7 Å². The fourth-order valence-electron chi connectivity index (χ4n) is 2.41. The number of nitrogens with one attached hydrogen (secondary N) is 1. The second kappa shape index (κ2) is 4.25. The van der Waals surface area contributed by atoms with Crippen molar-refractivity contribution in [2.75, 3.05) is 0 Å². The molecule has 0 saturated heterocycles. The van der Waals surface area contributed by atoms with Gasteiger partial charge in [0.15, 0.2) is 0 Å². The van der Waals surface area contributed by atoms with Crippen molar-refractivity contribution in [3.63, 3.8) is 0 Å². The molecule has 1 aliphatic carbocycles. The summed E-state index contributed by atoms with van der Waals surface area (Å²) in [5.74, 6) is -0.00849. The molecule has 92 valence electrons. The Bertz CT molecular complexity index is 599. The van der Waals surface area contributed by atoms with E-state index in [4.69, 9.17) is 11.1 Å². The number of pyridine rings is 1. The Hall–Kier alpha value is -2.17. The molecule has 5 heteroatoms. The molecule has 18 heavy (non-hydrogen) atoms. The lowest BCUT2D eigenvalue weighted by Gasteiger charge is -2.14.